The third kappa shape index (κ3) is 3.29. The third-order valence-electron chi connectivity index (χ3n) is 2.07. The number of halogens is 3. The smallest absolute Gasteiger partial charge is 0.396 e. The summed E-state index contributed by atoms with van der Waals surface area (Å²) in [6.45, 7) is 2.67. The van der Waals surface area contributed by atoms with E-state index in [-0.39, 0.29) is 5.69 Å². The second-order valence-electron chi connectivity index (χ2n) is 3.44. The number of alkyl halides is 3. The maximum Gasteiger partial charge on any atom is 0.417 e. The fourth-order valence-electron chi connectivity index (χ4n) is 1.17. The molecule has 0 saturated carbocycles. The van der Waals surface area contributed by atoms with Crippen LogP contribution < -0.4 is 11.1 Å². The van der Waals surface area contributed by atoms with Crippen molar-refractivity contribution in [1.82, 2.24) is 4.98 Å². The first kappa shape index (κ1) is 12.6. The van der Waals surface area contributed by atoms with Gasteiger partial charge in [0.1, 0.15) is 5.82 Å². The quantitative estimate of drug-likeness (QED) is 0.786. The Labute approximate surface area is 91.9 Å². The number of aromatic nitrogens is 1. The van der Waals surface area contributed by atoms with E-state index in [9.17, 15) is 13.2 Å². The summed E-state index contributed by atoms with van der Waals surface area (Å²) in [5.41, 5.74) is 4.67. The van der Waals surface area contributed by atoms with Gasteiger partial charge in [-0.3, -0.25) is 0 Å². The fraction of sp³-hybridized carbons (Fsp3) is 0.500. The number of nitrogens with one attached hydrogen (secondary N) is 1. The van der Waals surface area contributed by atoms with Crippen molar-refractivity contribution >= 4 is 11.5 Å². The first-order valence-electron chi connectivity index (χ1n) is 5.01. The van der Waals surface area contributed by atoms with Crippen LogP contribution in [0.2, 0.25) is 0 Å². The summed E-state index contributed by atoms with van der Waals surface area (Å²) in [7, 11) is 0. The largest absolute Gasteiger partial charge is 0.417 e. The Bertz CT molecular complexity index is 350. The summed E-state index contributed by atoms with van der Waals surface area (Å²) < 4.78 is 36.9. The minimum absolute atomic E-state index is 0.0194. The van der Waals surface area contributed by atoms with Crippen LogP contribution in [-0.2, 0) is 6.18 Å². The molecule has 0 aliphatic heterocycles. The van der Waals surface area contributed by atoms with Crippen LogP contribution >= 0.6 is 0 Å². The van der Waals surface area contributed by atoms with E-state index in [2.05, 4.69) is 10.3 Å². The van der Waals surface area contributed by atoms with E-state index >= 15 is 0 Å². The predicted molar refractivity (Wildman–Crippen MR) is 57.0 cm³/mol. The van der Waals surface area contributed by atoms with E-state index in [1.54, 1.807) is 0 Å². The number of unbranched alkanes of at least 4 members (excludes halogenated alkanes) is 1. The van der Waals surface area contributed by atoms with Crippen LogP contribution in [-0.4, -0.2) is 11.5 Å². The van der Waals surface area contributed by atoms with Crippen molar-refractivity contribution in [2.75, 3.05) is 17.6 Å². The number of anilines is 2. The van der Waals surface area contributed by atoms with Crippen molar-refractivity contribution in [3.63, 3.8) is 0 Å². The van der Waals surface area contributed by atoms with E-state index in [0.717, 1.165) is 25.1 Å². The number of nitrogens with two attached hydrogens (primary N) is 1. The molecule has 0 aliphatic rings. The van der Waals surface area contributed by atoms with Crippen LogP contribution in [0.1, 0.15) is 25.3 Å². The molecule has 0 amide bonds. The fourth-order valence-corrected chi connectivity index (χ4v) is 1.17. The van der Waals surface area contributed by atoms with Crippen LogP contribution in [0.3, 0.4) is 0 Å². The standard InChI is InChI=1S/C10H14F3N3/c1-2-3-4-15-9-8(14)5-7(6-16-9)10(11,12)13/h5-6H,2-4,14H2,1H3,(H,15,16). The van der Waals surface area contributed by atoms with Crippen LogP contribution in [0.15, 0.2) is 12.3 Å². The van der Waals surface area contributed by atoms with Crippen molar-refractivity contribution in [1.29, 1.82) is 0 Å². The minimum atomic E-state index is -4.40. The van der Waals surface area contributed by atoms with Crippen LogP contribution in [0.4, 0.5) is 24.7 Å². The molecule has 0 aliphatic carbocycles. The maximum atomic E-state index is 12.3. The van der Waals surface area contributed by atoms with Gasteiger partial charge in [-0.2, -0.15) is 13.2 Å². The zero-order valence-electron chi connectivity index (χ0n) is 8.93. The van der Waals surface area contributed by atoms with Gasteiger partial charge in [0.25, 0.3) is 0 Å². The Balaban J connectivity index is 2.76. The lowest BCUT2D eigenvalue weighted by atomic mass is 10.2. The van der Waals surface area contributed by atoms with Gasteiger partial charge in [0.05, 0.1) is 11.3 Å². The summed E-state index contributed by atoms with van der Waals surface area (Å²) in [4.78, 5) is 3.66. The van der Waals surface area contributed by atoms with Gasteiger partial charge in [-0.15, -0.1) is 0 Å². The van der Waals surface area contributed by atoms with Crippen molar-refractivity contribution in [3.05, 3.63) is 17.8 Å². The van der Waals surface area contributed by atoms with Gasteiger partial charge in [-0.05, 0) is 12.5 Å². The molecular weight excluding hydrogens is 219 g/mol. The highest BCUT2D eigenvalue weighted by Gasteiger charge is 2.31. The van der Waals surface area contributed by atoms with Gasteiger partial charge in [0.15, 0.2) is 0 Å². The highest BCUT2D eigenvalue weighted by molar-refractivity contribution is 5.61. The minimum Gasteiger partial charge on any atom is -0.396 e. The van der Waals surface area contributed by atoms with Gasteiger partial charge in [0.2, 0.25) is 0 Å². The average molecular weight is 233 g/mol. The van der Waals surface area contributed by atoms with Gasteiger partial charge in [-0.1, -0.05) is 13.3 Å². The van der Waals surface area contributed by atoms with E-state index in [1.807, 2.05) is 6.92 Å². The zero-order chi connectivity index (χ0) is 12.2. The van der Waals surface area contributed by atoms with Crippen LogP contribution in [0.5, 0.6) is 0 Å². The predicted octanol–water partition coefficient (Wildman–Crippen LogP) is 2.89. The molecule has 0 radical (unpaired) electrons. The Morgan fingerprint density at radius 1 is 1.44 bits per heavy atom. The molecule has 1 aromatic rings. The second kappa shape index (κ2) is 5.05. The molecular formula is C10H14F3N3. The summed E-state index contributed by atoms with van der Waals surface area (Å²) in [5.74, 6) is 0.307. The van der Waals surface area contributed by atoms with Gasteiger partial charge in [0, 0.05) is 12.7 Å². The molecule has 16 heavy (non-hydrogen) atoms. The first-order valence-corrected chi connectivity index (χ1v) is 5.01. The first-order chi connectivity index (χ1) is 7.45. The van der Waals surface area contributed by atoms with Crippen LogP contribution in [0.25, 0.3) is 0 Å². The third-order valence-corrected chi connectivity index (χ3v) is 2.07. The number of pyridine rings is 1. The summed E-state index contributed by atoms with van der Waals surface area (Å²) >= 11 is 0. The Hall–Kier alpha value is -1.46. The molecule has 0 fully saturated rings. The number of rotatable bonds is 4. The van der Waals surface area contributed by atoms with E-state index < -0.39 is 11.7 Å². The highest BCUT2D eigenvalue weighted by atomic mass is 19.4. The SMILES string of the molecule is CCCCNc1ncc(C(F)(F)F)cc1N. The molecule has 1 aromatic heterocycles. The number of nitrogen functional groups attached to an aromatic ring is 1. The van der Waals surface area contributed by atoms with E-state index in [0.29, 0.717) is 12.4 Å². The van der Waals surface area contributed by atoms with Gasteiger partial charge < -0.3 is 11.1 Å². The van der Waals surface area contributed by atoms with Crippen molar-refractivity contribution in [2.24, 2.45) is 0 Å². The van der Waals surface area contributed by atoms with E-state index in [4.69, 9.17) is 5.73 Å². The van der Waals surface area contributed by atoms with Crippen molar-refractivity contribution < 1.29 is 13.2 Å². The molecule has 0 unspecified atom stereocenters. The molecule has 0 atom stereocenters. The molecule has 90 valence electrons. The number of hydrogen-bond acceptors (Lipinski definition) is 3. The molecule has 0 saturated heterocycles. The zero-order valence-corrected chi connectivity index (χ0v) is 8.93. The lowest BCUT2D eigenvalue weighted by molar-refractivity contribution is -0.137. The Morgan fingerprint density at radius 2 is 2.12 bits per heavy atom. The lowest BCUT2D eigenvalue weighted by Gasteiger charge is -2.11. The second-order valence-corrected chi connectivity index (χ2v) is 3.44. The van der Waals surface area contributed by atoms with Gasteiger partial charge >= 0.3 is 6.18 Å². The monoisotopic (exact) mass is 233 g/mol. The number of hydrogen-bond donors (Lipinski definition) is 2. The molecule has 3 N–H and O–H groups in total. The molecule has 0 spiro atoms. The average Bonchev–Trinajstić information content (AvgIpc) is 2.19. The highest BCUT2D eigenvalue weighted by Crippen LogP contribution is 2.31. The van der Waals surface area contributed by atoms with Crippen molar-refractivity contribution in [3.8, 4) is 0 Å². The van der Waals surface area contributed by atoms with Crippen LogP contribution in [0, 0.1) is 0 Å². The van der Waals surface area contributed by atoms with Crippen molar-refractivity contribution in [2.45, 2.75) is 25.9 Å². The lowest BCUT2D eigenvalue weighted by Crippen LogP contribution is -2.10. The summed E-state index contributed by atoms with van der Waals surface area (Å²) in [6, 6.07) is 0.890. The molecule has 6 heteroatoms. The molecule has 1 rings (SSSR count). The molecule has 1 heterocycles. The number of nitrogens with zero attached hydrogens (tertiary/aromatic N) is 1. The Morgan fingerprint density at radius 3 is 2.62 bits per heavy atom. The summed E-state index contributed by atoms with van der Waals surface area (Å²) in [6.07, 6.45) is -1.70. The molecule has 0 bridgehead atoms. The van der Waals surface area contributed by atoms with E-state index in [1.165, 1.54) is 0 Å². The summed E-state index contributed by atoms with van der Waals surface area (Å²) in [5, 5.41) is 2.89. The topological polar surface area (TPSA) is 50.9 Å². The molecule has 3 nitrogen and oxygen atoms in total. The molecule has 0 aromatic carbocycles. The normalized spacial score (nSPS) is 11.5. The maximum absolute atomic E-state index is 12.3. The Kier molecular flexibility index (Phi) is 3.98. The van der Waals surface area contributed by atoms with Gasteiger partial charge in [-0.25, -0.2) is 4.98 Å².